The number of rotatable bonds is 41. The van der Waals surface area contributed by atoms with Gasteiger partial charge in [-0.2, -0.15) is 0 Å². The SMILES string of the molecule is CC/C=C\C/C=C\C/C=C\C/C=C\CCC(=O)OC(COC(=O)CCCCCCC/C=C\C/C=C\C/C=C\CC)COC1OC(C(=O)O)C(O)C(O)C1OC(=O)CC/C=C\C/C=C\C/C=C\C/C=C\CC. The van der Waals surface area contributed by atoms with Gasteiger partial charge in [-0.3, -0.25) is 14.4 Å². The Kier molecular flexibility index (Phi) is 41.4. The van der Waals surface area contributed by atoms with E-state index in [1.54, 1.807) is 0 Å². The Bertz CT molecular complexity index is 1740. The summed E-state index contributed by atoms with van der Waals surface area (Å²) in [5, 5.41) is 31.3. The van der Waals surface area contributed by atoms with E-state index in [-0.39, 0.29) is 25.9 Å². The number of aliphatic hydroxyl groups is 2. The van der Waals surface area contributed by atoms with Crippen LogP contribution < -0.4 is 0 Å². The third kappa shape index (κ3) is 36.4. The molecular weight excluding hydrogens is 901 g/mol. The van der Waals surface area contributed by atoms with Crippen molar-refractivity contribution < 1.29 is 58.2 Å². The van der Waals surface area contributed by atoms with Crippen molar-refractivity contribution >= 4 is 23.9 Å². The quantitative estimate of drug-likeness (QED) is 0.0229. The third-order valence-corrected chi connectivity index (χ3v) is 10.7. The maximum absolute atomic E-state index is 13.0. The smallest absolute Gasteiger partial charge is 0.335 e. The Hall–Kier alpha value is -5.14. The Labute approximate surface area is 426 Å². The molecule has 1 aliphatic rings. The van der Waals surface area contributed by atoms with Crippen LogP contribution in [0.5, 0.6) is 0 Å². The van der Waals surface area contributed by atoms with E-state index in [2.05, 4.69) is 118 Å². The Balaban J connectivity index is 2.83. The highest BCUT2D eigenvalue weighted by Gasteiger charge is 2.50. The molecule has 6 unspecified atom stereocenters. The zero-order valence-corrected chi connectivity index (χ0v) is 43.2. The van der Waals surface area contributed by atoms with Gasteiger partial charge in [-0.15, -0.1) is 0 Å². The summed E-state index contributed by atoms with van der Waals surface area (Å²) >= 11 is 0. The predicted molar refractivity (Wildman–Crippen MR) is 284 cm³/mol. The Morgan fingerprint density at radius 3 is 1.34 bits per heavy atom. The van der Waals surface area contributed by atoms with Crippen LogP contribution >= 0.6 is 0 Å². The van der Waals surface area contributed by atoms with Gasteiger partial charge in [0.15, 0.2) is 24.6 Å². The molecule has 3 N–H and O–H groups in total. The van der Waals surface area contributed by atoms with E-state index < -0.39 is 67.3 Å². The van der Waals surface area contributed by atoms with Crippen LogP contribution in [0.25, 0.3) is 0 Å². The summed E-state index contributed by atoms with van der Waals surface area (Å²) in [6.07, 6.45) is 51.9. The number of hydrogen-bond acceptors (Lipinski definition) is 11. The van der Waals surface area contributed by atoms with Crippen molar-refractivity contribution in [2.45, 2.75) is 199 Å². The highest BCUT2D eigenvalue weighted by molar-refractivity contribution is 5.74. The lowest BCUT2D eigenvalue weighted by Crippen LogP contribution is -2.61. The molecule has 396 valence electrons. The number of carboxylic acids is 1. The van der Waals surface area contributed by atoms with Gasteiger partial charge in [-0.1, -0.05) is 174 Å². The van der Waals surface area contributed by atoms with E-state index in [1.807, 2.05) is 36.5 Å². The first-order chi connectivity index (χ1) is 34.6. The largest absolute Gasteiger partial charge is 0.479 e. The molecular formula is C59H88O12. The highest BCUT2D eigenvalue weighted by Crippen LogP contribution is 2.26. The van der Waals surface area contributed by atoms with Crippen molar-refractivity contribution in [3.63, 3.8) is 0 Å². The Morgan fingerprint density at radius 2 is 0.873 bits per heavy atom. The fraction of sp³-hybridized carbons (Fsp3) is 0.559. The van der Waals surface area contributed by atoms with E-state index in [0.717, 1.165) is 89.9 Å². The number of allylic oxidation sites excluding steroid dienone is 22. The molecule has 1 aliphatic heterocycles. The molecule has 1 fully saturated rings. The number of carbonyl (C=O) groups excluding carboxylic acids is 3. The van der Waals surface area contributed by atoms with Crippen molar-refractivity contribution in [2.75, 3.05) is 13.2 Å². The first-order valence-electron chi connectivity index (χ1n) is 26.2. The normalized spacial score (nSPS) is 19.6. The lowest BCUT2D eigenvalue weighted by Gasteiger charge is -2.40. The molecule has 1 saturated heterocycles. The first-order valence-corrected chi connectivity index (χ1v) is 26.2. The van der Waals surface area contributed by atoms with Crippen LogP contribution in [0.15, 0.2) is 134 Å². The van der Waals surface area contributed by atoms with E-state index in [4.69, 9.17) is 23.7 Å². The lowest BCUT2D eigenvalue weighted by molar-refractivity contribution is -0.301. The van der Waals surface area contributed by atoms with Crippen molar-refractivity contribution in [1.82, 2.24) is 0 Å². The van der Waals surface area contributed by atoms with Gasteiger partial charge >= 0.3 is 23.9 Å². The average molecular weight is 989 g/mol. The zero-order valence-electron chi connectivity index (χ0n) is 43.2. The van der Waals surface area contributed by atoms with E-state index in [1.165, 1.54) is 0 Å². The molecule has 0 aromatic carbocycles. The molecule has 1 rings (SSSR count). The van der Waals surface area contributed by atoms with Gasteiger partial charge in [0.05, 0.1) is 6.61 Å². The fourth-order valence-electron chi connectivity index (χ4n) is 6.82. The second-order valence-corrected chi connectivity index (χ2v) is 17.0. The zero-order chi connectivity index (χ0) is 51.8. The number of ether oxygens (including phenoxy) is 5. The highest BCUT2D eigenvalue weighted by atomic mass is 16.7. The van der Waals surface area contributed by atoms with E-state index >= 15 is 0 Å². The first kappa shape index (κ1) is 63.9. The molecule has 0 aliphatic carbocycles. The van der Waals surface area contributed by atoms with Crippen LogP contribution in [-0.4, -0.2) is 89.2 Å². The topological polar surface area (TPSA) is 175 Å². The molecule has 0 spiro atoms. The molecule has 12 heteroatoms. The van der Waals surface area contributed by atoms with E-state index in [9.17, 15) is 34.5 Å². The van der Waals surface area contributed by atoms with Gasteiger partial charge in [0.1, 0.15) is 18.8 Å². The second kappa shape index (κ2) is 46.0. The maximum Gasteiger partial charge on any atom is 0.335 e. The van der Waals surface area contributed by atoms with Crippen molar-refractivity contribution in [3.05, 3.63) is 134 Å². The van der Waals surface area contributed by atoms with Crippen LogP contribution in [0.4, 0.5) is 0 Å². The predicted octanol–water partition coefficient (Wildman–Crippen LogP) is 12.7. The van der Waals surface area contributed by atoms with Crippen LogP contribution in [0.2, 0.25) is 0 Å². The summed E-state index contributed by atoms with van der Waals surface area (Å²) in [5.74, 6) is -3.39. The molecule has 71 heavy (non-hydrogen) atoms. The Morgan fingerprint density at radius 1 is 0.465 bits per heavy atom. The molecule has 1 heterocycles. The van der Waals surface area contributed by atoms with Crippen LogP contribution in [0.1, 0.15) is 162 Å². The summed E-state index contributed by atoms with van der Waals surface area (Å²) < 4.78 is 28.1. The number of aliphatic hydroxyl groups excluding tert-OH is 2. The minimum Gasteiger partial charge on any atom is -0.479 e. The standard InChI is InChI=1S/C59H88O12/c1-4-7-10-13-16-19-22-25-26-29-30-33-36-39-42-45-51(60)67-48-50(69-52(61)46-43-40-37-34-31-27-23-20-17-14-11-8-5-2)49-68-59-57(55(64)54(63)56(71-59)58(65)66)70-53(62)47-44-41-38-35-32-28-24-21-18-15-12-9-6-3/h7-12,16-21,25-28,31-32,37-38,40-41,50,54-57,59,63-64H,4-6,13-15,22-24,29-30,33-36,39,42-49H2,1-3H3,(H,65,66)/b10-7-,11-8-,12-9-,19-16-,20-17-,21-18-,26-25-,31-27-,32-28-,40-37-,41-38-. The molecule has 6 atom stereocenters. The molecule has 0 saturated carbocycles. The van der Waals surface area contributed by atoms with Crippen LogP contribution in [0, 0.1) is 0 Å². The minimum absolute atomic E-state index is 0.0217. The van der Waals surface area contributed by atoms with Gasteiger partial charge in [-0.05, 0) is 103 Å². The minimum atomic E-state index is -1.94. The van der Waals surface area contributed by atoms with E-state index in [0.29, 0.717) is 32.1 Å². The van der Waals surface area contributed by atoms with Crippen LogP contribution in [0.3, 0.4) is 0 Å². The average Bonchev–Trinajstić information content (AvgIpc) is 3.35. The fourth-order valence-corrected chi connectivity index (χ4v) is 6.82. The number of carboxylic acid groups (broad SMARTS) is 1. The number of unbranched alkanes of at least 4 members (excludes halogenated alkanes) is 5. The van der Waals surface area contributed by atoms with Gasteiger partial charge in [0, 0.05) is 19.3 Å². The molecule has 12 nitrogen and oxygen atoms in total. The number of carbonyl (C=O) groups is 4. The van der Waals surface area contributed by atoms with Crippen LogP contribution in [-0.2, 0) is 42.9 Å². The summed E-state index contributed by atoms with van der Waals surface area (Å²) in [7, 11) is 0. The third-order valence-electron chi connectivity index (χ3n) is 10.7. The summed E-state index contributed by atoms with van der Waals surface area (Å²) in [5.41, 5.74) is 0. The van der Waals surface area contributed by atoms with Crippen molar-refractivity contribution in [2.24, 2.45) is 0 Å². The number of aliphatic carboxylic acids is 1. The number of hydrogen-bond donors (Lipinski definition) is 3. The van der Waals surface area contributed by atoms with Gasteiger partial charge in [-0.25, -0.2) is 4.79 Å². The molecule has 0 amide bonds. The van der Waals surface area contributed by atoms with Crippen molar-refractivity contribution in [3.8, 4) is 0 Å². The van der Waals surface area contributed by atoms with Gasteiger partial charge in [0.2, 0.25) is 0 Å². The second-order valence-electron chi connectivity index (χ2n) is 17.0. The van der Waals surface area contributed by atoms with Gasteiger partial charge < -0.3 is 39.0 Å². The monoisotopic (exact) mass is 989 g/mol. The lowest BCUT2D eigenvalue weighted by atomic mass is 9.98. The summed E-state index contributed by atoms with van der Waals surface area (Å²) in [6, 6.07) is 0. The summed E-state index contributed by atoms with van der Waals surface area (Å²) in [6.45, 7) is 5.49. The molecule has 0 bridgehead atoms. The van der Waals surface area contributed by atoms with Gasteiger partial charge in [0.25, 0.3) is 0 Å². The molecule has 0 aromatic heterocycles. The maximum atomic E-state index is 13.0. The number of esters is 3. The molecule has 0 radical (unpaired) electrons. The summed E-state index contributed by atoms with van der Waals surface area (Å²) in [4.78, 5) is 50.8. The molecule has 0 aromatic rings. The van der Waals surface area contributed by atoms with Crippen molar-refractivity contribution in [1.29, 1.82) is 0 Å².